The van der Waals surface area contributed by atoms with Crippen molar-refractivity contribution in [2.75, 3.05) is 6.54 Å². The molecule has 1 unspecified atom stereocenters. The molecule has 1 heterocycles. The first kappa shape index (κ1) is 20.2. The van der Waals surface area contributed by atoms with Gasteiger partial charge in [0.1, 0.15) is 12.1 Å². The molecular formula is C19H26ClN3O3. The molecular weight excluding hydrogens is 354 g/mol. The molecule has 0 spiro atoms. The first-order valence-electron chi connectivity index (χ1n) is 9.01. The van der Waals surface area contributed by atoms with Crippen LogP contribution in [0.25, 0.3) is 0 Å². The van der Waals surface area contributed by atoms with Crippen molar-refractivity contribution in [3.63, 3.8) is 0 Å². The minimum Gasteiger partial charge on any atom is -0.350 e. The van der Waals surface area contributed by atoms with Gasteiger partial charge in [-0.25, -0.2) is 4.79 Å². The molecule has 142 valence electrons. The van der Waals surface area contributed by atoms with Gasteiger partial charge in [-0.1, -0.05) is 56.3 Å². The highest BCUT2D eigenvalue weighted by Crippen LogP contribution is 2.24. The van der Waals surface area contributed by atoms with E-state index < -0.39 is 11.6 Å². The van der Waals surface area contributed by atoms with Crippen LogP contribution in [-0.2, 0) is 16.1 Å². The van der Waals surface area contributed by atoms with Crippen molar-refractivity contribution in [3.05, 3.63) is 34.9 Å². The summed E-state index contributed by atoms with van der Waals surface area (Å²) in [5.41, 5.74) is -0.0678. The molecule has 0 aliphatic carbocycles. The summed E-state index contributed by atoms with van der Waals surface area (Å²) < 4.78 is 0. The molecule has 1 atom stereocenters. The smallest absolute Gasteiger partial charge is 0.325 e. The van der Waals surface area contributed by atoms with E-state index >= 15 is 0 Å². The number of carbonyl (C=O) groups is 3. The van der Waals surface area contributed by atoms with Gasteiger partial charge in [0.25, 0.3) is 5.91 Å². The fourth-order valence-corrected chi connectivity index (χ4v) is 3.23. The molecule has 2 N–H and O–H groups in total. The fourth-order valence-electron chi connectivity index (χ4n) is 3.01. The molecule has 1 saturated heterocycles. The fraction of sp³-hybridized carbons (Fsp3) is 0.526. The Kier molecular flexibility index (Phi) is 7.03. The molecule has 1 aromatic rings. The lowest BCUT2D eigenvalue weighted by Crippen LogP contribution is -2.45. The second-order valence-electron chi connectivity index (χ2n) is 6.87. The maximum atomic E-state index is 12.6. The van der Waals surface area contributed by atoms with Crippen molar-refractivity contribution < 1.29 is 14.4 Å². The molecule has 4 amide bonds. The number of benzene rings is 1. The number of nitrogens with zero attached hydrogens (tertiary/aromatic N) is 1. The van der Waals surface area contributed by atoms with Crippen molar-refractivity contribution in [1.82, 2.24) is 15.5 Å². The quantitative estimate of drug-likeness (QED) is 0.510. The monoisotopic (exact) mass is 379 g/mol. The number of imide groups is 1. The summed E-state index contributed by atoms with van der Waals surface area (Å²) in [6.45, 7) is 3.85. The molecule has 1 aliphatic heterocycles. The van der Waals surface area contributed by atoms with Crippen LogP contribution in [0.1, 0.15) is 51.5 Å². The van der Waals surface area contributed by atoms with Gasteiger partial charge in [-0.05, 0) is 31.0 Å². The SMILES string of the molecule is CCCCCCC1(C)NC(=O)N(CC(=O)NCc2cccc(Cl)c2)C1=O. The third kappa shape index (κ3) is 5.21. The van der Waals surface area contributed by atoms with E-state index in [1.54, 1.807) is 25.1 Å². The van der Waals surface area contributed by atoms with Crippen LogP contribution >= 0.6 is 11.6 Å². The molecule has 0 radical (unpaired) electrons. The number of rotatable bonds is 9. The van der Waals surface area contributed by atoms with Gasteiger partial charge in [0, 0.05) is 11.6 Å². The Morgan fingerprint density at radius 3 is 2.73 bits per heavy atom. The zero-order valence-electron chi connectivity index (χ0n) is 15.3. The summed E-state index contributed by atoms with van der Waals surface area (Å²) in [5, 5.41) is 6.03. The Balaban J connectivity index is 1.87. The third-order valence-electron chi connectivity index (χ3n) is 4.56. The second kappa shape index (κ2) is 9.03. The summed E-state index contributed by atoms with van der Waals surface area (Å²) >= 11 is 5.91. The number of halogens is 1. The Bertz CT molecular complexity index is 680. The molecule has 1 aromatic carbocycles. The maximum Gasteiger partial charge on any atom is 0.325 e. The Labute approximate surface area is 159 Å². The van der Waals surface area contributed by atoms with Crippen LogP contribution in [0.4, 0.5) is 4.79 Å². The molecule has 1 aliphatic rings. The molecule has 1 fully saturated rings. The Hall–Kier alpha value is -2.08. The van der Waals surface area contributed by atoms with Gasteiger partial charge in [-0.15, -0.1) is 0 Å². The van der Waals surface area contributed by atoms with E-state index in [0.29, 0.717) is 11.4 Å². The topological polar surface area (TPSA) is 78.5 Å². The number of amides is 4. The van der Waals surface area contributed by atoms with Gasteiger partial charge in [-0.2, -0.15) is 0 Å². The third-order valence-corrected chi connectivity index (χ3v) is 4.79. The molecule has 0 aromatic heterocycles. The minimum absolute atomic E-state index is 0.282. The van der Waals surface area contributed by atoms with Crippen LogP contribution in [0.3, 0.4) is 0 Å². The molecule has 0 saturated carbocycles. The van der Waals surface area contributed by atoms with Gasteiger partial charge in [0.05, 0.1) is 0 Å². The number of carbonyl (C=O) groups excluding carboxylic acids is 3. The first-order valence-corrected chi connectivity index (χ1v) is 9.39. The van der Waals surface area contributed by atoms with Crippen molar-refractivity contribution in [2.24, 2.45) is 0 Å². The van der Waals surface area contributed by atoms with E-state index in [4.69, 9.17) is 11.6 Å². The van der Waals surface area contributed by atoms with Crippen molar-refractivity contribution >= 4 is 29.4 Å². The largest absolute Gasteiger partial charge is 0.350 e. The summed E-state index contributed by atoms with van der Waals surface area (Å²) in [7, 11) is 0. The van der Waals surface area contributed by atoms with Gasteiger partial charge in [-0.3, -0.25) is 14.5 Å². The highest BCUT2D eigenvalue weighted by molar-refractivity contribution is 6.30. The van der Waals surface area contributed by atoms with E-state index in [0.717, 1.165) is 36.1 Å². The zero-order valence-corrected chi connectivity index (χ0v) is 16.1. The average molecular weight is 380 g/mol. The number of unbranched alkanes of at least 4 members (excludes halogenated alkanes) is 3. The Morgan fingerprint density at radius 1 is 1.27 bits per heavy atom. The van der Waals surface area contributed by atoms with Gasteiger partial charge < -0.3 is 10.6 Å². The number of nitrogens with one attached hydrogen (secondary N) is 2. The lowest BCUT2D eigenvalue weighted by Gasteiger charge is -2.21. The number of urea groups is 1. The lowest BCUT2D eigenvalue weighted by molar-refractivity contribution is -0.134. The highest BCUT2D eigenvalue weighted by Gasteiger charge is 2.47. The van der Waals surface area contributed by atoms with Crippen molar-refractivity contribution in [2.45, 2.75) is 58.0 Å². The predicted octanol–water partition coefficient (Wildman–Crippen LogP) is 3.24. The maximum absolute atomic E-state index is 12.6. The second-order valence-corrected chi connectivity index (χ2v) is 7.31. The molecule has 6 nitrogen and oxygen atoms in total. The molecule has 0 bridgehead atoms. The van der Waals surface area contributed by atoms with Crippen LogP contribution in [0.5, 0.6) is 0 Å². The normalized spacial score (nSPS) is 19.6. The van der Waals surface area contributed by atoms with E-state index in [9.17, 15) is 14.4 Å². The van der Waals surface area contributed by atoms with Crippen LogP contribution in [0, 0.1) is 0 Å². The summed E-state index contributed by atoms with van der Waals surface area (Å²) in [4.78, 5) is 37.9. The molecule has 2 rings (SSSR count). The predicted molar refractivity (Wildman–Crippen MR) is 101 cm³/mol. The number of hydrogen-bond donors (Lipinski definition) is 2. The van der Waals surface area contributed by atoms with E-state index in [1.165, 1.54) is 0 Å². The standard InChI is InChI=1S/C19H26ClN3O3/c1-3-4-5-6-10-19(2)17(25)23(18(26)22-19)13-16(24)21-12-14-8-7-9-15(20)11-14/h7-9,11H,3-6,10,12-13H2,1-2H3,(H,21,24)(H,22,26). The molecule has 7 heteroatoms. The van der Waals surface area contributed by atoms with Gasteiger partial charge in [0.15, 0.2) is 0 Å². The van der Waals surface area contributed by atoms with E-state index in [1.807, 2.05) is 6.07 Å². The van der Waals surface area contributed by atoms with Crippen LogP contribution < -0.4 is 10.6 Å². The van der Waals surface area contributed by atoms with Gasteiger partial charge >= 0.3 is 6.03 Å². The van der Waals surface area contributed by atoms with Crippen LogP contribution in [-0.4, -0.2) is 34.8 Å². The van der Waals surface area contributed by atoms with Crippen LogP contribution in [0.15, 0.2) is 24.3 Å². The Morgan fingerprint density at radius 2 is 2.04 bits per heavy atom. The van der Waals surface area contributed by atoms with Crippen molar-refractivity contribution in [1.29, 1.82) is 0 Å². The minimum atomic E-state index is -0.919. The first-order chi connectivity index (χ1) is 12.4. The van der Waals surface area contributed by atoms with Crippen LogP contribution in [0.2, 0.25) is 5.02 Å². The van der Waals surface area contributed by atoms with E-state index in [-0.39, 0.29) is 24.9 Å². The number of hydrogen-bond acceptors (Lipinski definition) is 3. The highest BCUT2D eigenvalue weighted by atomic mass is 35.5. The zero-order chi connectivity index (χ0) is 19.2. The summed E-state index contributed by atoms with van der Waals surface area (Å²) in [6.07, 6.45) is 4.68. The summed E-state index contributed by atoms with van der Waals surface area (Å²) in [5.74, 6) is -0.722. The molecule has 26 heavy (non-hydrogen) atoms. The lowest BCUT2D eigenvalue weighted by atomic mass is 9.94. The van der Waals surface area contributed by atoms with Crippen molar-refractivity contribution in [3.8, 4) is 0 Å². The average Bonchev–Trinajstić information content (AvgIpc) is 2.81. The van der Waals surface area contributed by atoms with E-state index in [2.05, 4.69) is 17.6 Å². The van der Waals surface area contributed by atoms with Gasteiger partial charge in [0.2, 0.25) is 5.91 Å². The summed E-state index contributed by atoms with van der Waals surface area (Å²) in [6, 6.07) is 6.63.